The van der Waals surface area contributed by atoms with Crippen molar-refractivity contribution in [2.75, 3.05) is 7.11 Å². The molecule has 3 rings (SSSR count). The SMILES string of the molecule is COc1ccnc(Sc2nnc(-c3ccccc3Cl)n2C)n1. The molecule has 1 aromatic carbocycles. The highest BCUT2D eigenvalue weighted by Gasteiger charge is 2.15. The molecule has 2 aromatic heterocycles. The Labute approximate surface area is 136 Å². The van der Waals surface area contributed by atoms with Crippen LogP contribution in [0.5, 0.6) is 5.88 Å². The van der Waals surface area contributed by atoms with Gasteiger partial charge in [0.25, 0.3) is 0 Å². The third-order valence-corrected chi connectivity index (χ3v) is 4.20. The molecule has 0 spiro atoms. The van der Waals surface area contributed by atoms with Crippen LogP contribution in [-0.2, 0) is 7.05 Å². The van der Waals surface area contributed by atoms with Gasteiger partial charge < -0.3 is 9.30 Å². The molecule has 0 aliphatic rings. The maximum atomic E-state index is 6.21. The molecule has 0 atom stereocenters. The van der Waals surface area contributed by atoms with Crippen LogP contribution in [0.4, 0.5) is 0 Å². The molecular weight excluding hydrogens is 322 g/mol. The van der Waals surface area contributed by atoms with Gasteiger partial charge in [0, 0.05) is 24.9 Å². The lowest BCUT2D eigenvalue weighted by molar-refractivity contribution is 0.392. The Kier molecular flexibility index (Phi) is 4.26. The van der Waals surface area contributed by atoms with Crippen molar-refractivity contribution < 1.29 is 4.74 Å². The third-order valence-electron chi connectivity index (χ3n) is 2.95. The monoisotopic (exact) mass is 333 g/mol. The Hall–Kier alpha value is -2.12. The fourth-order valence-corrected chi connectivity index (χ4v) is 2.79. The molecule has 22 heavy (non-hydrogen) atoms. The van der Waals surface area contributed by atoms with Crippen LogP contribution in [0.25, 0.3) is 11.4 Å². The number of rotatable bonds is 4. The summed E-state index contributed by atoms with van der Waals surface area (Å²) in [7, 11) is 3.44. The second-order valence-electron chi connectivity index (χ2n) is 4.33. The summed E-state index contributed by atoms with van der Waals surface area (Å²) in [5.74, 6) is 1.20. The van der Waals surface area contributed by atoms with E-state index in [-0.39, 0.29) is 0 Å². The number of hydrogen-bond donors (Lipinski definition) is 0. The van der Waals surface area contributed by atoms with E-state index in [0.717, 1.165) is 5.56 Å². The maximum absolute atomic E-state index is 6.21. The van der Waals surface area contributed by atoms with Gasteiger partial charge in [-0.2, -0.15) is 4.98 Å². The first-order valence-corrected chi connectivity index (χ1v) is 7.57. The summed E-state index contributed by atoms with van der Waals surface area (Å²) in [5.41, 5.74) is 0.831. The summed E-state index contributed by atoms with van der Waals surface area (Å²) in [4.78, 5) is 8.44. The molecule has 0 radical (unpaired) electrons. The molecule has 3 aromatic rings. The Morgan fingerprint density at radius 3 is 2.77 bits per heavy atom. The molecule has 0 saturated heterocycles. The fraction of sp³-hybridized carbons (Fsp3) is 0.143. The summed E-state index contributed by atoms with van der Waals surface area (Å²) in [6.07, 6.45) is 1.64. The van der Waals surface area contributed by atoms with E-state index in [4.69, 9.17) is 16.3 Å². The average Bonchev–Trinajstić information content (AvgIpc) is 2.89. The summed E-state index contributed by atoms with van der Waals surface area (Å²) in [6.45, 7) is 0. The lowest BCUT2D eigenvalue weighted by Crippen LogP contribution is -1.97. The van der Waals surface area contributed by atoms with Crippen molar-refractivity contribution >= 4 is 23.4 Å². The van der Waals surface area contributed by atoms with Crippen LogP contribution in [0.1, 0.15) is 0 Å². The average molecular weight is 334 g/mol. The van der Waals surface area contributed by atoms with Gasteiger partial charge in [-0.1, -0.05) is 23.7 Å². The van der Waals surface area contributed by atoms with Crippen LogP contribution < -0.4 is 4.74 Å². The number of benzene rings is 1. The minimum Gasteiger partial charge on any atom is -0.481 e. The maximum Gasteiger partial charge on any atom is 0.217 e. The van der Waals surface area contributed by atoms with Crippen LogP contribution in [0.3, 0.4) is 0 Å². The first-order chi connectivity index (χ1) is 10.7. The molecule has 0 fully saturated rings. The predicted molar refractivity (Wildman–Crippen MR) is 84.2 cm³/mol. The molecule has 0 N–H and O–H groups in total. The summed E-state index contributed by atoms with van der Waals surface area (Å²) in [5, 5.41) is 10.2. The van der Waals surface area contributed by atoms with Crippen molar-refractivity contribution in [1.82, 2.24) is 24.7 Å². The topological polar surface area (TPSA) is 65.7 Å². The third kappa shape index (κ3) is 2.90. The van der Waals surface area contributed by atoms with Gasteiger partial charge in [-0.3, -0.25) is 0 Å². The molecule has 112 valence electrons. The van der Waals surface area contributed by atoms with Gasteiger partial charge in [0.05, 0.1) is 12.1 Å². The van der Waals surface area contributed by atoms with Gasteiger partial charge in [-0.25, -0.2) is 4.98 Å². The van der Waals surface area contributed by atoms with Crippen molar-refractivity contribution in [2.45, 2.75) is 10.3 Å². The lowest BCUT2D eigenvalue weighted by atomic mass is 10.2. The Morgan fingerprint density at radius 1 is 1.18 bits per heavy atom. The van der Waals surface area contributed by atoms with Crippen molar-refractivity contribution in [1.29, 1.82) is 0 Å². The molecule has 0 bridgehead atoms. The van der Waals surface area contributed by atoms with Gasteiger partial charge in [0.15, 0.2) is 16.1 Å². The number of halogens is 1. The molecular formula is C14H12ClN5OS. The molecule has 0 aliphatic heterocycles. The molecule has 0 saturated carbocycles. The van der Waals surface area contributed by atoms with E-state index in [1.54, 1.807) is 19.4 Å². The Morgan fingerprint density at radius 2 is 2.00 bits per heavy atom. The standard InChI is InChI=1S/C14H12ClN5OS/c1-20-12(9-5-3-4-6-10(9)15)18-19-14(20)22-13-16-8-7-11(17-13)21-2/h3-8H,1-2H3. The van der Waals surface area contributed by atoms with Crippen LogP contribution in [0.15, 0.2) is 46.8 Å². The number of ether oxygens (including phenoxy) is 1. The van der Waals surface area contributed by atoms with Gasteiger partial charge in [-0.15, -0.1) is 10.2 Å². The number of nitrogens with zero attached hydrogens (tertiary/aromatic N) is 5. The quantitative estimate of drug-likeness (QED) is 0.684. The van der Waals surface area contributed by atoms with Crippen molar-refractivity contribution in [3.8, 4) is 17.3 Å². The first kappa shape index (κ1) is 14.8. The van der Waals surface area contributed by atoms with Crippen molar-refractivity contribution in [2.24, 2.45) is 7.05 Å². The second-order valence-corrected chi connectivity index (χ2v) is 5.67. The van der Waals surface area contributed by atoms with E-state index < -0.39 is 0 Å². The van der Waals surface area contributed by atoms with E-state index in [2.05, 4.69) is 20.2 Å². The predicted octanol–water partition coefficient (Wildman–Crippen LogP) is 3.09. The van der Waals surface area contributed by atoms with Crippen LogP contribution in [-0.4, -0.2) is 31.8 Å². The summed E-state index contributed by atoms with van der Waals surface area (Å²) >= 11 is 7.52. The number of methoxy groups -OCH3 is 1. The fourth-order valence-electron chi connectivity index (χ4n) is 1.85. The van der Waals surface area contributed by atoms with E-state index in [1.165, 1.54) is 11.8 Å². The smallest absolute Gasteiger partial charge is 0.217 e. The highest BCUT2D eigenvalue weighted by atomic mass is 35.5. The molecule has 2 heterocycles. The summed E-state index contributed by atoms with van der Waals surface area (Å²) in [6, 6.07) is 9.21. The molecule has 6 nitrogen and oxygen atoms in total. The molecule has 0 aliphatic carbocycles. The van der Waals surface area contributed by atoms with Crippen LogP contribution in [0.2, 0.25) is 5.02 Å². The van der Waals surface area contributed by atoms with E-state index in [0.29, 0.717) is 27.0 Å². The zero-order chi connectivity index (χ0) is 15.5. The minimum atomic E-state index is 0.506. The highest BCUT2D eigenvalue weighted by molar-refractivity contribution is 7.99. The van der Waals surface area contributed by atoms with E-state index in [1.807, 2.05) is 35.9 Å². The van der Waals surface area contributed by atoms with Gasteiger partial charge in [0.1, 0.15) is 0 Å². The molecule has 8 heteroatoms. The zero-order valence-corrected chi connectivity index (χ0v) is 13.5. The Balaban J connectivity index is 1.92. The van der Waals surface area contributed by atoms with E-state index >= 15 is 0 Å². The second kappa shape index (κ2) is 6.33. The largest absolute Gasteiger partial charge is 0.481 e. The highest BCUT2D eigenvalue weighted by Crippen LogP contribution is 2.30. The van der Waals surface area contributed by atoms with E-state index in [9.17, 15) is 0 Å². The Bertz CT molecular complexity index is 807. The van der Waals surface area contributed by atoms with Gasteiger partial charge in [-0.05, 0) is 23.9 Å². The zero-order valence-electron chi connectivity index (χ0n) is 11.9. The summed E-state index contributed by atoms with van der Waals surface area (Å²) < 4.78 is 6.94. The first-order valence-electron chi connectivity index (χ1n) is 6.38. The number of aromatic nitrogens is 5. The molecule has 0 amide bonds. The van der Waals surface area contributed by atoms with Crippen LogP contribution in [0, 0.1) is 0 Å². The normalized spacial score (nSPS) is 10.7. The van der Waals surface area contributed by atoms with Crippen molar-refractivity contribution in [3.63, 3.8) is 0 Å². The lowest BCUT2D eigenvalue weighted by Gasteiger charge is -2.05. The minimum absolute atomic E-state index is 0.506. The van der Waals surface area contributed by atoms with Gasteiger partial charge in [0.2, 0.25) is 5.88 Å². The van der Waals surface area contributed by atoms with Crippen molar-refractivity contribution in [3.05, 3.63) is 41.6 Å². The van der Waals surface area contributed by atoms with Gasteiger partial charge >= 0.3 is 0 Å². The number of hydrogen-bond acceptors (Lipinski definition) is 6. The van der Waals surface area contributed by atoms with Crippen LogP contribution >= 0.6 is 23.4 Å². The molecule has 0 unspecified atom stereocenters.